The van der Waals surface area contributed by atoms with Crippen LogP contribution in [0.15, 0.2) is 22.7 Å². The van der Waals surface area contributed by atoms with Crippen molar-refractivity contribution in [1.29, 1.82) is 0 Å². The Hall–Kier alpha value is -0.780. The van der Waals surface area contributed by atoms with Crippen LogP contribution < -0.4 is 5.32 Å². The quantitative estimate of drug-likeness (QED) is 0.822. The molecule has 2 nitrogen and oxygen atoms in total. The lowest BCUT2D eigenvalue weighted by Gasteiger charge is -2.17. The molecule has 1 unspecified atom stereocenters. The van der Waals surface area contributed by atoms with Gasteiger partial charge < -0.3 is 5.32 Å². The van der Waals surface area contributed by atoms with Crippen LogP contribution >= 0.6 is 27.3 Å². The van der Waals surface area contributed by atoms with Crippen LogP contribution in [-0.4, -0.2) is 11.0 Å². The Morgan fingerprint density at radius 3 is 2.81 bits per heavy atom. The smallest absolute Gasteiger partial charge is 0.129 e. The molecule has 0 radical (unpaired) electrons. The zero-order valence-electron chi connectivity index (χ0n) is 12.1. The van der Waals surface area contributed by atoms with Crippen LogP contribution in [0, 0.1) is 12.7 Å². The number of hydrogen-bond donors (Lipinski definition) is 1. The van der Waals surface area contributed by atoms with E-state index in [9.17, 15) is 4.39 Å². The van der Waals surface area contributed by atoms with Crippen molar-refractivity contribution in [3.8, 4) is 0 Å². The van der Waals surface area contributed by atoms with E-state index in [2.05, 4.69) is 35.1 Å². The molecule has 0 spiro atoms. The second-order valence-electron chi connectivity index (χ2n) is 5.45. The number of thiazole rings is 1. The van der Waals surface area contributed by atoms with E-state index in [0.717, 1.165) is 21.6 Å². The van der Waals surface area contributed by atoms with Gasteiger partial charge in [-0.25, -0.2) is 9.37 Å². The summed E-state index contributed by atoms with van der Waals surface area (Å²) < 4.78 is 15.1. The summed E-state index contributed by atoms with van der Waals surface area (Å²) in [5.74, 6) is -0.187. The van der Waals surface area contributed by atoms with E-state index in [1.165, 1.54) is 23.8 Å². The van der Waals surface area contributed by atoms with Gasteiger partial charge in [-0.2, -0.15) is 0 Å². The summed E-state index contributed by atoms with van der Waals surface area (Å²) in [5, 5.41) is 4.51. The van der Waals surface area contributed by atoms with Gasteiger partial charge in [-0.05, 0) is 38.3 Å². The van der Waals surface area contributed by atoms with Crippen molar-refractivity contribution in [1.82, 2.24) is 10.3 Å². The highest BCUT2D eigenvalue weighted by Crippen LogP contribution is 2.34. The van der Waals surface area contributed by atoms with Crippen LogP contribution in [0.3, 0.4) is 0 Å². The van der Waals surface area contributed by atoms with Crippen LogP contribution in [-0.2, 0) is 6.42 Å². The summed E-state index contributed by atoms with van der Waals surface area (Å²) in [6.45, 7) is 4.20. The van der Waals surface area contributed by atoms with E-state index in [-0.39, 0.29) is 11.9 Å². The van der Waals surface area contributed by atoms with Crippen LogP contribution in [0.2, 0.25) is 0 Å². The summed E-state index contributed by atoms with van der Waals surface area (Å²) in [5.41, 5.74) is 1.80. The molecule has 21 heavy (non-hydrogen) atoms. The molecule has 1 aliphatic rings. The number of aryl methyl sites for hydroxylation is 2. The number of aromatic nitrogens is 1. The van der Waals surface area contributed by atoms with Crippen molar-refractivity contribution in [3.63, 3.8) is 0 Å². The zero-order valence-corrected chi connectivity index (χ0v) is 14.5. The SMILES string of the molecule is CCc1nc(C(NC2CC2)c2ccc(Br)cc2F)sc1C. The first-order valence-electron chi connectivity index (χ1n) is 7.25. The highest BCUT2D eigenvalue weighted by atomic mass is 79.9. The van der Waals surface area contributed by atoms with Gasteiger partial charge in [0.25, 0.3) is 0 Å². The maximum Gasteiger partial charge on any atom is 0.129 e. The van der Waals surface area contributed by atoms with E-state index >= 15 is 0 Å². The minimum atomic E-state index is -0.187. The standard InChI is InChI=1S/C16H18BrFN2S/c1-3-14-9(2)21-16(20-14)15(19-11-5-6-11)12-7-4-10(17)8-13(12)18/h4,7-8,11,15,19H,3,5-6H2,1-2H3. The van der Waals surface area contributed by atoms with Crippen LogP contribution in [0.1, 0.15) is 46.9 Å². The number of halogens is 2. The minimum Gasteiger partial charge on any atom is -0.301 e. The molecule has 5 heteroatoms. The van der Waals surface area contributed by atoms with Gasteiger partial charge in [0.1, 0.15) is 10.8 Å². The molecule has 1 heterocycles. The molecular weight excluding hydrogens is 351 g/mol. The molecule has 0 aliphatic heterocycles. The summed E-state index contributed by atoms with van der Waals surface area (Å²) in [6, 6.07) is 5.61. The first-order valence-corrected chi connectivity index (χ1v) is 8.86. The second kappa shape index (κ2) is 6.15. The Balaban J connectivity index is 1.99. The summed E-state index contributed by atoms with van der Waals surface area (Å²) >= 11 is 4.99. The third-order valence-corrected chi connectivity index (χ3v) is 5.32. The molecule has 0 amide bonds. The Kier molecular flexibility index (Phi) is 4.43. The van der Waals surface area contributed by atoms with Crippen molar-refractivity contribution in [2.45, 2.75) is 45.2 Å². The third-order valence-electron chi connectivity index (χ3n) is 3.74. The fraction of sp³-hybridized carbons (Fsp3) is 0.438. The molecule has 0 saturated heterocycles. The molecular formula is C16H18BrFN2S. The van der Waals surface area contributed by atoms with Gasteiger partial charge in [-0.1, -0.05) is 28.9 Å². The van der Waals surface area contributed by atoms with Crippen LogP contribution in [0.25, 0.3) is 0 Å². The lowest BCUT2D eigenvalue weighted by Crippen LogP contribution is -2.25. The monoisotopic (exact) mass is 368 g/mol. The average molecular weight is 369 g/mol. The molecule has 1 N–H and O–H groups in total. The van der Waals surface area contributed by atoms with Crippen molar-refractivity contribution in [3.05, 3.63) is 49.6 Å². The molecule has 1 aliphatic carbocycles. The molecule has 112 valence electrons. The minimum absolute atomic E-state index is 0.144. The Bertz CT molecular complexity index is 652. The Labute approximate surface area is 136 Å². The summed E-state index contributed by atoms with van der Waals surface area (Å²) in [7, 11) is 0. The molecule has 0 bridgehead atoms. The number of rotatable bonds is 5. The van der Waals surface area contributed by atoms with Gasteiger partial charge in [0.05, 0.1) is 11.7 Å². The van der Waals surface area contributed by atoms with E-state index in [0.29, 0.717) is 11.6 Å². The molecule has 1 atom stereocenters. The normalized spacial score (nSPS) is 16.2. The van der Waals surface area contributed by atoms with Gasteiger partial charge in [0, 0.05) is 21.0 Å². The van der Waals surface area contributed by atoms with Gasteiger partial charge in [-0.15, -0.1) is 11.3 Å². The second-order valence-corrected chi connectivity index (χ2v) is 7.60. The maximum absolute atomic E-state index is 14.4. The van der Waals surface area contributed by atoms with Crippen molar-refractivity contribution < 1.29 is 4.39 Å². The number of nitrogens with one attached hydrogen (secondary N) is 1. The molecule has 3 rings (SSSR count). The van der Waals surface area contributed by atoms with Gasteiger partial charge in [-0.3, -0.25) is 0 Å². The number of nitrogens with zero attached hydrogens (tertiary/aromatic N) is 1. The predicted molar refractivity (Wildman–Crippen MR) is 88.3 cm³/mol. The molecule has 1 saturated carbocycles. The molecule has 1 fully saturated rings. The first kappa shape index (κ1) is 15.1. The van der Waals surface area contributed by atoms with Crippen molar-refractivity contribution >= 4 is 27.3 Å². The Morgan fingerprint density at radius 1 is 1.48 bits per heavy atom. The topological polar surface area (TPSA) is 24.9 Å². The third kappa shape index (κ3) is 3.35. The van der Waals surface area contributed by atoms with Crippen molar-refractivity contribution in [2.24, 2.45) is 0 Å². The fourth-order valence-electron chi connectivity index (χ4n) is 2.42. The van der Waals surface area contributed by atoms with Crippen LogP contribution in [0.4, 0.5) is 4.39 Å². The van der Waals surface area contributed by atoms with E-state index in [1.807, 2.05) is 12.1 Å². The molecule has 1 aromatic heterocycles. The van der Waals surface area contributed by atoms with Crippen molar-refractivity contribution in [2.75, 3.05) is 0 Å². The Morgan fingerprint density at radius 2 is 2.24 bits per heavy atom. The number of benzene rings is 1. The lowest BCUT2D eigenvalue weighted by atomic mass is 10.1. The fourth-order valence-corrected chi connectivity index (χ4v) is 3.84. The largest absolute Gasteiger partial charge is 0.301 e. The van der Waals surface area contributed by atoms with E-state index < -0.39 is 0 Å². The predicted octanol–water partition coefficient (Wildman–Crippen LogP) is 4.76. The lowest BCUT2D eigenvalue weighted by molar-refractivity contribution is 0.543. The zero-order chi connectivity index (χ0) is 15.0. The van der Waals surface area contributed by atoms with Crippen LogP contribution in [0.5, 0.6) is 0 Å². The molecule has 1 aromatic carbocycles. The van der Waals surface area contributed by atoms with Gasteiger partial charge in [0.15, 0.2) is 0 Å². The highest BCUT2D eigenvalue weighted by Gasteiger charge is 2.29. The summed E-state index contributed by atoms with van der Waals surface area (Å²) in [4.78, 5) is 5.96. The first-order chi connectivity index (χ1) is 10.1. The van der Waals surface area contributed by atoms with Gasteiger partial charge in [0.2, 0.25) is 0 Å². The van der Waals surface area contributed by atoms with E-state index in [1.54, 1.807) is 11.3 Å². The highest BCUT2D eigenvalue weighted by molar-refractivity contribution is 9.10. The van der Waals surface area contributed by atoms with E-state index in [4.69, 9.17) is 4.98 Å². The van der Waals surface area contributed by atoms with Gasteiger partial charge >= 0.3 is 0 Å². The summed E-state index contributed by atoms with van der Waals surface area (Å²) in [6.07, 6.45) is 3.25. The maximum atomic E-state index is 14.4. The average Bonchev–Trinajstić information content (AvgIpc) is 3.18. The molecule has 2 aromatic rings. The number of hydrogen-bond acceptors (Lipinski definition) is 3.